The van der Waals surface area contributed by atoms with Crippen molar-refractivity contribution in [3.05, 3.63) is 11.1 Å². The lowest BCUT2D eigenvalue weighted by Gasteiger charge is -2.07. The van der Waals surface area contributed by atoms with Crippen LogP contribution in [0.1, 0.15) is 5.69 Å². The van der Waals surface area contributed by atoms with Crippen LogP contribution < -0.4 is 11.1 Å². The highest BCUT2D eigenvalue weighted by Crippen LogP contribution is 2.38. The molecule has 2 heterocycles. The van der Waals surface area contributed by atoms with Crippen molar-refractivity contribution in [1.29, 1.82) is 0 Å². The van der Waals surface area contributed by atoms with E-state index in [1.165, 1.54) is 11.3 Å². The van der Waals surface area contributed by atoms with E-state index in [-0.39, 0.29) is 24.1 Å². The minimum Gasteiger partial charge on any atom is -0.382 e. The maximum atomic E-state index is 12.0. The maximum Gasteiger partial charge on any atom is 0.441 e. The number of thiazole rings is 1. The Hall–Kier alpha value is -1.00. The SMILES string of the molecule is Cc1csc(-c2c(N)nsc2NCCSC(F)(F)F)n1. The zero-order chi connectivity index (χ0) is 14.8. The van der Waals surface area contributed by atoms with E-state index < -0.39 is 5.51 Å². The van der Waals surface area contributed by atoms with Gasteiger partial charge in [-0.25, -0.2) is 4.98 Å². The van der Waals surface area contributed by atoms with Crippen LogP contribution in [0.25, 0.3) is 10.6 Å². The molecule has 0 amide bonds. The number of nitrogens with two attached hydrogens (primary N) is 1. The Labute approximate surface area is 125 Å². The summed E-state index contributed by atoms with van der Waals surface area (Å²) in [6.07, 6.45) is 0. The van der Waals surface area contributed by atoms with Crippen molar-refractivity contribution >= 4 is 45.5 Å². The van der Waals surface area contributed by atoms with Crippen LogP contribution in [-0.4, -0.2) is 27.2 Å². The zero-order valence-corrected chi connectivity index (χ0v) is 12.8. The van der Waals surface area contributed by atoms with Crippen LogP contribution in [0.2, 0.25) is 0 Å². The number of halogens is 3. The standard InChI is InChI=1S/C10H11F3N4S3/c1-5-4-18-9(16-5)6-7(14)17-20-8(6)15-2-3-19-10(11,12)13/h4,15H,2-3H2,1H3,(H2,14,17). The van der Waals surface area contributed by atoms with Crippen molar-refractivity contribution in [2.75, 3.05) is 23.3 Å². The molecule has 0 spiro atoms. The van der Waals surface area contributed by atoms with Crippen LogP contribution in [0.15, 0.2) is 5.38 Å². The van der Waals surface area contributed by atoms with Crippen LogP contribution in [0.5, 0.6) is 0 Å². The summed E-state index contributed by atoms with van der Waals surface area (Å²) < 4.78 is 40.1. The Bertz CT molecular complexity index is 579. The minimum absolute atomic E-state index is 0.0571. The second kappa shape index (κ2) is 6.19. The molecule has 0 saturated carbocycles. The Morgan fingerprint density at radius 3 is 2.80 bits per heavy atom. The quantitative estimate of drug-likeness (QED) is 0.810. The molecule has 3 N–H and O–H groups in total. The molecule has 0 atom stereocenters. The number of hydrogen-bond donors (Lipinski definition) is 2. The summed E-state index contributed by atoms with van der Waals surface area (Å²) in [5, 5.41) is 6.20. The molecular formula is C10H11F3N4S3. The van der Waals surface area contributed by atoms with Crippen molar-refractivity contribution in [1.82, 2.24) is 9.36 Å². The largest absolute Gasteiger partial charge is 0.441 e. The predicted molar refractivity (Wildman–Crippen MR) is 79.4 cm³/mol. The molecule has 0 unspecified atom stereocenters. The Balaban J connectivity index is 2.03. The van der Waals surface area contributed by atoms with E-state index in [1.54, 1.807) is 0 Å². The summed E-state index contributed by atoms with van der Waals surface area (Å²) in [4.78, 5) is 4.32. The topological polar surface area (TPSA) is 63.8 Å². The van der Waals surface area contributed by atoms with Crippen molar-refractivity contribution in [2.45, 2.75) is 12.4 Å². The molecule has 10 heteroatoms. The fraction of sp³-hybridized carbons (Fsp3) is 0.400. The van der Waals surface area contributed by atoms with Crippen molar-refractivity contribution in [3.63, 3.8) is 0 Å². The van der Waals surface area contributed by atoms with E-state index in [0.29, 0.717) is 16.4 Å². The lowest BCUT2D eigenvalue weighted by molar-refractivity contribution is -0.0327. The first-order valence-corrected chi connectivity index (χ1v) is 8.13. The molecule has 110 valence electrons. The Morgan fingerprint density at radius 1 is 1.45 bits per heavy atom. The van der Waals surface area contributed by atoms with Crippen molar-refractivity contribution in [3.8, 4) is 10.6 Å². The van der Waals surface area contributed by atoms with Gasteiger partial charge in [0, 0.05) is 23.4 Å². The third-order valence-corrected chi connectivity index (χ3v) is 4.74. The lowest BCUT2D eigenvalue weighted by Crippen LogP contribution is -2.09. The average molecular weight is 340 g/mol. The summed E-state index contributed by atoms with van der Waals surface area (Å²) >= 11 is 2.50. The van der Waals surface area contributed by atoms with Crippen LogP contribution in [0.3, 0.4) is 0 Å². The summed E-state index contributed by atoms with van der Waals surface area (Å²) in [7, 11) is 0. The molecule has 2 aromatic rings. The Morgan fingerprint density at radius 2 is 2.20 bits per heavy atom. The van der Waals surface area contributed by atoms with E-state index in [1.807, 2.05) is 12.3 Å². The molecule has 0 bridgehead atoms. The van der Waals surface area contributed by atoms with Gasteiger partial charge in [0.1, 0.15) is 15.8 Å². The number of nitrogens with zero attached hydrogens (tertiary/aromatic N) is 2. The van der Waals surface area contributed by atoms with Crippen molar-refractivity contribution in [2.24, 2.45) is 0 Å². The highest BCUT2D eigenvalue weighted by atomic mass is 32.2. The van der Waals surface area contributed by atoms with Gasteiger partial charge in [-0.1, -0.05) is 0 Å². The van der Waals surface area contributed by atoms with E-state index in [9.17, 15) is 13.2 Å². The monoisotopic (exact) mass is 340 g/mol. The second-order valence-electron chi connectivity index (χ2n) is 3.79. The van der Waals surface area contributed by atoms with Crippen LogP contribution in [0.4, 0.5) is 24.0 Å². The van der Waals surface area contributed by atoms with E-state index in [4.69, 9.17) is 5.73 Å². The van der Waals surface area contributed by atoms with Crippen LogP contribution in [-0.2, 0) is 0 Å². The van der Waals surface area contributed by atoms with Gasteiger partial charge in [0.25, 0.3) is 0 Å². The van der Waals surface area contributed by atoms with Gasteiger partial charge in [-0.05, 0) is 30.2 Å². The zero-order valence-electron chi connectivity index (χ0n) is 10.3. The van der Waals surface area contributed by atoms with Gasteiger partial charge in [-0.2, -0.15) is 17.5 Å². The number of aryl methyl sites for hydroxylation is 1. The lowest BCUT2D eigenvalue weighted by atomic mass is 10.3. The third kappa shape index (κ3) is 4.00. The summed E-state index contributed by atoms with van der Waals surface area (Å²) in [5.41, 5.74) is 3.13. The summed E-state index contributed by atoms with van der Waals surface area (Å²) in [6.45, 7) is 2.05. The molecule has 2 aromatic heterocycles. The van der Waals surface area contributed by atoms with Crippen molar-refractivity contribution < 1.29 is 13.2 Å². The maximum absolute atomic E-state index is 12.0. The molecule has 0 aliphatic heterocycles. The summed E-state index contributed by atoms with van der Waals surface area (Å²) in [6, 6.07) is 0. The number of nitrogen functional groups attached to an aromatic ring is 1. The number of anilines is 2. The molecule has 20 heavy (non-hydrogen) atoms. The molecule has 0 radical (unpaired) electrons. The molecule has 0 saturated heterocycles. The number of rotatable bonds is 5. The van der Waals surface area contributed by atoms with Gasteiger partial charge < -0.3 is 11.1 Å². The highest BCUT2D eigenvalue weighted by Gasteiger charge is 2.27. The van der Waals surface area contributed by atoms with Gasteiger partial charge in [-0.3, -0.25) is 0 Å². The van der Waals surface area contributed by atoms with E-state index >= 15 is 0 Å². The number of thioether (sulfide) groups is 1. The van der Waals surface area contributed by atoms with Crippen LogP contribution >= 0.6 is 34.6 Å². The van der Waals surface area contributed by atoms with Gasteiger partial charge in [0.15, 0.2) is 0 Å². The first kappa shape index (κ1) is 15.4. The number of alkyl halides is 3. The highest BCUT2D eigenvalue weighted by molar-refractivity contribution is 8.00. The predicted octanol–water partition coefficient (Wildman–Crippen LogP) is 3.82. The third-order valence-electron chi connectivity index (χ3n) is 2.20. The number of nitrogens with one attached hydrogen (secondary N) is 1. The molecule has 0 aromatic carbocycles. The normalized spacial score (nSPS) is 11.8. The molecule has 0 aliphatic rings. The first-order valence-electron chi connectivity index (χ1n) is 5.49. The fourth-order valence-corrected chi connectivity index (χ4v) is 3.53. The van der Waals surface area contributed by atoms with Crippen LogP contribution in [0, 0.1) is 6.92 Å². The Kier molecular flexibility index (Phi) is 4.76. The first-order chi connectivity index (χ1) is 9.37. The second-order valence-corrected chi connectivity index (χ2v) is 6.58. The minimum atomic E-state index is -4.20. The molecule has 2 rings (SSSR count). The van der Waals surface area contributed by atoms with E-state index in [0.717, 1.165) is 22.2 Å². The molecule has 0 fully saturated rings. The number of hydrogen-bond acceptors (Lipinski definition) is 7. The van der Waals surface area contributed by atoms with E-state index in [2.05, 4.69) is 14.7 Å². The van der Waals surface area contributed by atoms with Gasteiger partial charge >= 0.3 is 5.51 Å². The summed E-state index contributed by atoms with van der Waals surface area (Å²) in [5.74, 6) is 0.271. The average Bonchev–Trinajstić information content (AvgIpc) is 2.90. The molecule has 4 nitrogen and oxygen atoms in total. The smallest absolute Gasteiger partial charge is 0.382 e. The van der Waals surface area contributed by atoms with Gasteiger partial charge in [0.2, 0.25) is 0 Å². The molecule has 0 aliphatic carbocycles. The fourth-order valence-electron chi connectivity index (χ4n) is 1.43. The molecular weight excluding hydrogens is 329 g/mol. The van der Waals surface area contributed by atoms with Gasteiger partial charge in [-0.15, -0.1) is 11.3 Å². The van der Waals surface area contributed by atoms with Gasteiger partial charge in [0.05, 0.1) is 5.56 Å². The number of aromatic nitrogens is 2.